The lowest BCUT2D eigenvalue weighted by Crippen LogP contribution is -2.38. The van der Waals surface area contributed by atoms with Gasteiger partial charge in [-0.25, -0.2) is 8.78 Å². The maximum Gasteiger partial charge on any atom is 0.279 e. The average molecular weight is 306 g/mol. The van der Waals surface area contributed by atoms with Crippen LogP contribution in [0, 0.1) is 0 Å². The summed E-state index contributed by atoms with van der Waals surface area (Å²) in [5.74, 6) is 0.110. The highest BCUT2D eigenvalue weighted by molar-refractivity contribution is 5.92. The van der Waals surface area contributed by atoms with E-state index in [1.165, 1.54) is 5.56 Å². The molecule has 1 fully saturated rings. The van der Waals surface area contributed by atoms with Gasteiger partial charge in [0.1, 0.15) is 5.69 Å². The van der Waals surface area contributed by atoms with Crippen LogP contribution in [0.25, 0.3) is 0 Å². The van der Waals surface area contributed by atoms with E-state index in [0.29, 0.717) is 19.0 Å². The molecule has 22 heavy (non-hydrogen) atoms. The van der Waals surface area contributed by atoms with Gasteiger partial charge in [-0.05, 0) is 42.5 Å². The van der Waals surface area contributed by atoms with Crippen LogP contribution in [0.1, 0.15) is 46.9 Å². The number of aromatic nitrogens is 3. The number of pyridine rings is 1. The molecule has 1 saturated heterocycles. The summed E-state index contributed by atoms with van der Waals surface area (Å²) in [6, 6.07) is 5.11. The van der Waals surface area contributed by atoms with Gasteiger partial charge in [-0.2, -0.15) is 5.10 Å². The zero-order chi connectivity index (χ0) is 15.5. The first-order chi connectivity index (χ1) is 10.6. The number of amides is 1. The van der Waals surface area contributed by atoms with Crippen LogP contribution in [0.5, 0.6) is 0 Å². The lowest BCUT2D eigenvalue weighted by molar-refractivity contribution is 0.0707. The third kappa shape index (κ3) is 2.98. The average Bonchev–Trinajstić information content (AvgIpc) is 3.05. The summed E-state index contributed by atoms with van der Waals surface area (Å²) in [5, 5.41) is 5.89. The minimum atomic E-state index is -2.65. The van der Waals surface area contributed by atoms with Crippen molar-refractivity contribution in [3.05, 3.63) is 47.5 Å². The van der Waals surface area contributed by atoms with Crippen molar-refractivity contribution in [2.75, 3.05) is 13.1 Å². The second kappa shape index (κ2) is 6.21. The van der Waals surface area contributed by atoms with Gasteiger partial charge in [0.05, 0.1) is 0 Å². The fourth-order valence-corrected chi connectivity index (χ4v) is 2.77. The number of halogens is 2. The van der Waals surface area contributed by atoms with Crippen molar-refractivity contribution in [3.63, 3.8) is 0 Å². The number of piperidine rings is 1. The number of rotatable bonds is 3. The Labute approximate surface area is 126 Å². The van der Waals surface area contributed by atoms with Crippen LogP contribution in [0.2, 0.25) is 0 Å². The Kier molecular flexibility index (Phi) is 4.13. The molecule has 3 heterocycles. The Morgan fingerprint density at radius 2 is 1.95 bits per heavy atom. The van der Waals surface area contributed by atoms with Gasteiger partial charge in [0.2, 0.25) is 0 Å². The summed E-state index contributed by atoms with van der Waals surface area (Å²) >= 11 is 0. The molecular formula is C15H16F2N4O. The topological polar surface area (TPSA) is 61.9 Å². The van der Waals surface area contributed by atoms with Gasteiger partial charge in [0.25, 0.3) is 12.3 Å². The number of carbonyl (C=O) groups excluding carboxylic acids is 1. The first-order valence-electron chi connectivity index (χ1n) is 7.18. The fourth-order valence-electron chi connectivity index (χ4n) is 2.77. The zero-order valence-corrected chi connectivity index (χ0v) is 11.9. The molecule has 0 saturated carbocycles. The second-order valence-electron chi connectivity index (χ2n) is 5.36. The molecule has 0 bridgehead atoms. The Morgan fingerprint density at radius 3 is 2.55 bits per heavy atom. The Balaban J connectivity index is 1.62. The quantitative estimate of drug-likeness (QED) is 0.948. The predicted molar refractivity (Wildman–Crippen MR) is 75.7 cm³/mol. The molecule has 0 aliphatic carbocycles. The highest BCUT2D eigenvalue weighted by atomic mass is 19.3. The molecule has 0 unspecified atom stereocenters. The summed E-state index contributed by atoms with van der Waals surface area (Å²) in [4.78, 5) is 17.9. The normalized spacial score (nSPS) is 16.2. The first kappa shape index (κ1) is 14.6. The van der Waals surface area contributed by atoms with Crippen molar-refractivity contribution < 1.29 is 13.6 Å². The van der Waals surface area contributed by atoms with Gasteiger partial charge < -0.3 is 4.90 Å². The van der Waals surface area contributed by atoms with E-state index < -0.39 is 6.43 Å². The van der Waals surface area contributed by atoms with Crippen LogP contribution in [0.15, 0.2) is 30.6 Å². The molecule has 3 rings (SSSR count). The van der Waals surface area contributed by atoms with Gasteiger partial charge in [0, 0.05) is 25.5 Å². The molecule has 2 aromatic rings. The van der Waals surface area contributed by atoms with Crippen LogP contribution in [-0.2, 0) is 0 Å². The molecule has 116 valence electrons. The van der Waals surface area contributed by atoms with Crippen molar-refractivity contribution in [2.45, 2.75) is 25.2 Å². The molecule has 1 aliphatic rings. The second-order valence-corrected chi connectivity index (χ2v) is 5.36. The largest absolute Gasteiger partial charge is 0.337 e. The zero-order valence-electron chi connectivity index (χ0n) is 11.9. The van der Waals surface area contributed by atoms with E-state index in [9.17, 15) is 13.6 Å². The Morgan fingerprint density at radius 1 is 1.27 bits per heavy atom. The number of nitrogens with one attached hydrogen (secondary N) is 1. The van der Waals surface area contributed by atoms with Crippen molar-refractivity contribution >= 4 is 5.91 Å². The number of likely N-dealkylation sites (tertiary alicyclic amines) is 1. The molecule has 0 aromatic carbocycles. The van der Waals surface area contributed by atoms with Gasteiger partial charge in [0.15, 0.2) is 5.69 Å². The van der Waals surface area contributed by atoms with Crippen LogP contribution >= 0.6 is 0 Å². The maximum absolute atomic E-state index is 12.5. The smallest absolute Gasteiger partial charge is 0.279 e. The molecule has 0 atom stereocenters. The lowest BCUT2D eigenvalue weighted by Gasteiger charge is -2.31. The number of carbonyl (C=O) groups is 1. The van der Waals surface area contributed by atoms with E-state index in [0.717, 1.165) is 18.9 Å². The van der Waals surface area contributed by atoms with Gasteiger partial charge in [-0.3, -0.25) is 14.9 Å². The third-order valence-electron chi connectivity index (χ3n) is 4.01. The number of H-pyrrole nitrogens is 1. The summed E-state index contributed by atoms with van der Waals surface area (Å²) in [6.45, 7) is 1.20. The van der Waals surface area contributed by atoms with E-state index in [1.807, 2.05) is 12.1 Å². The molecule has 1 N–H and O–H groups in total. The summed E-state index contributed by atoms with van der Waals surface area (Å²) in [7, 11) is 0. The minimum Gasteiger partial charge on any atom is -0.337 e. The highest BCUT2D eigenvalue weighted by Crippen LogP contribution is 2.28. The summed E-state index contributed by atoms with van der Waals surface area (Å²) < 4.78 is 25.0. The monoisotopic (exact) mass is 306 g/mol. The number of alkyl halides is 2. The molecular weight excluding hydrogens is 290 g/mol. The maximum atomic E-state index is 12.5. The molecule has 5 nitrogen and oxygen atoms in total. The number of aromatic amines is 1. The Hall–Kier alpha value is -2.31. The molecule has 0 radical (unpaired) electrons. The Bertz CT molecular complexity index is 636. The standard InChI is InChI=1S/C15H16F2N4O/c16-14(17)12-9-13(20-19-12)15(22)21-7-3-11(4-8-21)10-1-5-18-6-2-10/h1-2,5-6,9,11,14H,3-4,7-8H2,(H,19,20). The SMILES string of the molecule is O=C(c1cc(C(F)F)[nH]n1)N1CCC(c2ccncc2)CC1. The van der Waals surface area contributed by atoms with Crippen LogP contribution in [-0.4, -0.2) is 39.1 Å². The number of hydrogen-bond donors (Lipinski definition) is 1. The van der Waals surface area contributed by atoms with Crippen molar-refractivity contribution in [1.82, 2.24) is 20.1 Å². The van der Waals surface area contributed by atoms with Gasteiger partial charge in [-0.15, -0.1) is 0 Å². The van der Waals surface area contributed by atoms with Gasteiger partial charge >= 0.3 is 0 Å². The van der Waals surface area contributed by atoms with Crippen molar-refractivity contribution in [1.29, 1.82) is 0 Å². The lowest BCUT2D eigenvalue weighted by atomic mass is 9.90. The molecule has 1 amide bonds. The summed E-state index contributed by atoms with van der Waals surface area (Å²) in [6.07, 6.45) is 2.58. The van der Waals surface area contributed by atoms with Crippen molar-refractivity contribution in [3.8, 4) is 0 Å². The van der Waals surface area contributed by atoms with Crippen LogP contribution in [0.3, 0.4) is 0 Å². The van der Waals surface area contributed by atoms with E-state index in [1.54, 1.807) is 17.3 Å². The van der Waals surface area contributed by atoms with Crippen LogP contribution < -0.4 is 0 Å². The van der Waals surface area contributed by atoms with E-state index in [4.69, 9.17) is 0 Å². The molecule has 2 aromatic heterocycles. The predicted octanol–water partition coefficient (Wildman–Crippen LogP) is 2.76. The molecule has 7 heteroatoms. The highest BCUT2D eigenvalue weighted by Gasteiger charge is 2.26. The third-order valence-corrected chi connectivity index (χ3v) is 4.01. The van der Waals surface area contributed by atoms with Gasteiger partial charge in [-0.1, -0.05) is 0 Å². The van der Waals surface area contributed by atoms with Crippen LogP contribution in [0.4, 0.5) is 8.78 Å². The molecule has 1 aliphatic heterocycles. The fraction of sp³-hybridized carbons (Fsp3) is 0.400. The summed E-state index contributed by atoms with van der Waals surface area (Å²) in [5.41, 5.74) is 0.953. The first-order valence-corrected chi connectivity index (χ1v) is 7.18. The van der Waals surface area contributed by atoms with E-state index >= 15 is 0 Å². The number of nitrogens with zero attached hydrogens (tertiary/aromatic N) is 3. The number of hydrogen-bond acceptors (Lipinski definition) is 3. The molecule has 0 spiro atoms. The van der Waals surface area contributed by atoms with E-state index in [2.05, 4.69) is 15.2 Å². The van der Waals surface area contributed by atoms with E-state index in [-0.39, 0.29) is 17.3 Å². The minimum absolute atomic E-state index is 0.0534. The van der Waals surface area contributed by atoms with Crippen molar-refractivity contribution in [2.24, 2.45) is 0 Å².